The van der Waals surface area contributed by atoms with Gasteiger partial charge in [0.1, 0.15) is 17.7 Å². The number of rotatable bonds is 2. The molecule has 1 heterocycles. The van der Waals surface area contributed by atoms with Crippen LogP contribution >= 0.6 is 0 Å². The number of pyridine rings is 1. The first-order chi connectivity index (χ1) is 8.19. The third kappa shape index (κ3) is 2.58. The summed E-state index contributed by atoms with van der Waals surface area (Å²) in [5.74, 6) is 0.282. The van der Waals surface area contributed by atoms with Crippen molar-refractivity contribution in [3.8, 4) is 6.07 Å². The van der Waals surface area contributed by atoms with Crippen LogP contribution in [0.5, 0.6) is 0 Å². The molecule has 0 fully saturated rings. The molecule has 1 aromatic heterocycles. The second-order valence-corrected chi connectivity index (χ2v) is 3.63. The fraction of sp³-hybridized carbons (Fsp3) is 0.0769. The molecule has 0 saturated heterocycles. The minimum atomic E-state index is -0.299. The highest BCUT2D eigenvalue weighted by Gasteiger charge is 2.01. The number of aryl methyl sites for hydroxylation is 1. The quantitative estimate of drug-likeness (QED) is 0.857. The van der Waals surface area contributed by atoms with Gasteiger partial charge >= 0.3 is 0 Å². The Bertz CT molecular complexity index is 570. The Balaban J connectivity index is 2.25. The summed E-state index contributed by atoms with van der Waals surface area (Å²) in [4.78, 5) is 4.06. The number of nitriles is 1. The summed E-state index contributed by atoms with van der Waals surface area (Å²) < 4.78 is 13.1. The van der Waals surface area contributed by atoms with Gasteiger partial charge in [-0.2, -0.15) is 5.26 Å². The van der Waals surface area contributed by atoms with E-state index < -0.39 is 0 Å². The van der Waals surface area contributed by atoms with Crippen molar-refractivity contribution in [2.75, 3.05) is 5.32 Å². The second kappa shape index (κ2) is 4.62. The summed E-state index contributed by atoms with van der Waals surface area (Å²) in [6.07, 6.45) is 1.47. The van der Waals surface area contributed by atoms with Gasteiger partial charge < -0.3 is 5.32 Å². The van der Waals surface area contributed by atoms with Crippen molar-refractivity contribution < 1.29 is 4.39 Å². The van der Waals surface area contributed by atoms with Crippen LogP contribution in [0.1, 0.15) is 11.1 Å². The van der Waals surface area contributed by atoms with Crippen LogP contribution in [0.3, 0.4) is 0 Å². The van der Waals surface area contributed by atoms with Gasteiger partial charge in [0.15, 0.2) is 0 Å². The molecule has 2 aromatic rings. The Kier molecular flexibility index (Phi) is 3.01. The van der Waals surface area contributed by atoms with Crippen LogP contribution in [0, 0.1) is 24.1 Å². The lowest BCUT2D eigenvalue weighted by molar-refractivity contribution is 0.628. The van der Waals surface area contributed by atoms with Crippen molar-refractivity contribution in [1.82, 2.24) is 4.98 Å². The molecule has 0 saturated carbocycles. The van der Waals surface area contributed by atoms with Crippen molar-refractivity contribution in [2.24, 2.45) is 0 Å². The van der Waals surface area contributed by atoms with Crippen molar-refractivity contribution in [1.29, 1.82) is 5.26 Å². The molecule has 0 amide bonds. The Morgan fingerprint density at radius 3 is 2.76 bits per heavy atom. The summed E-state index contributed by atoms with van der Waals surface area (Å²) in [6, 6.07) is 9.85. The highest BCUT2D eigenvalue weighted by atomic mass is 19.1. The van der Waals surface area contributed by atoms with E-state index in [9.17, 15) is 4.39 Å². The largest absolute Gasteiger partial charge is 0.340 e. The van der Waals surface area contributed by atoms with Gasteiger partial charge in [-0.1, -0.05) is 6.07 Å². The zero-order chi connectivity index (χ0) is 12.3. The highest BCUT2D eigenvalue weighted by molar-refractivity contribution is 5.60. The molecular weight excluding hydrogens is 217 g/mol. The fourth-order valence-corrected chi connectivity index (χ4v) is 1.40. The molecule has 0 aliphatic rings. The molecule has 0 spiro atoms. The first-order valence-electron chi connectivity index (χ1n) is 5.08. The van der Waals surface area contributed by atoms with Gasteiger partial charge in [-0.3, -0.25) is 0 Å². The smallest absolute Gasteiger partial charge is 0.130 e. The van der Waals surface area contributed by atoms with Gasteiger partial charge in [0.2, 0.25) is 0 Å². The number of aromatic nitrogens is 1. The fourth-order valence-electron chi connectivity index (χ4n) is 1.40. The number of hydrogen-bond donors (Lipinski definition) is 1. The first-order valence-corrected chi connectivity index (χ1v) is 5.08. The lowest BCUT2D eigenvalue weighted by Gasteiger charge is -2.08. The van der Waals surface area contributed by atoms with Crippen molar-refractivity contribution in [3.05, 3.63) is 53.5 Å². The van der Waals surface area contributed by atoms with Crippen LogP contribution in [-0.4, -0.2) is 4.98 Å². The molecule has 1 aromatic carbocycles. The van der Waals surface area contributed by atoms with Crippen molar-refractivity contribution in [2.45, 2.75) is 6.92 Å². The molecule has 0 aliphatic heterocycles. The zero-order valence-corrected chi connectivity index (χ0v) is 9.24. The van der Waals surface area contributed by atoms with E-state index in [4.69, 9.17) is 5.26 Å². The molecule has 0 aliphatic carbocycles. The summed E-state index contributed by atoms with van der Waals surface area (Å²) in [5.41, 5.74) is 2.09. The van der Waals surface area contributed by atoms with Crippen molar-refractivity contribution >= 4 is 11.5 Å². The standard InChI is InChI=1S/C13H10FN3/c1-9-2-4-11(14)6-12(9)17-13-5-3-10(7-15)8-16-13/h2-6,8H,1H3,(H,16,17). The number of benzene rings is 1. The molecule has 17 heavy (non-hydrogen) atoms. The predicted molar refractivity (Wildman–Crippen MR) is 63.4 cm³/mol. The second-order valence-electron chi connectivity index (χ2n) is 3.63. The summed E-state index contributed by atoms with van der Waals surface area (Å²) >= 11 is 0. The van der Waals surface area contributed by atoms with E-state index in [1.165, 1.54) is 18.3 Å². The highest BCUT2D eigenvalue weighted by Crippen LogP contribution is 2.20. The molecule has 3 nitrogen and oxygen atoms in total. The van der Waals surface area contributed by atoms with Crippen LogP contribution in [0.25, 0.3) is 0 Å². The maximum Gasteiger partial charge on any atom is 0.130 e. The van der Waals surface area contributed by atoms with Gasteiger partial charge in [-0.15, -0.1) is 0 Å². The number of nitrogens with zero attached hydrogens (tertiary/aromatic N) is 2. The van der Waals surface area contributed by atoms with E-state index >= 15 is 0 Å². The Morgan fingerprint density at radius 2 is 2.12 bits per heavy atom. The lowest BCUT2D eigenvalue weighted by atomic mass is 10.2. The van der Waals surface area contributed by atoms with E-state index in [1.807, 2.05) is 13.0 Å². The maximum atomic E-state index is 13.1. The molecule has 0 radical (unpaired) electrons. The lowest BCUT2D eigenvalue weighted by Crippen LogP contribution is -1.96. The molecule has 0 atom stereocenters. The molecule has 84 valence electrons. The number of nitrogens with one attached hydrogen (secondary N) is 1. The van der Waals surface area contributed by atoms with Gasteiger partial charge in [0.05, 0.1) is 5.56 Å². The van der Waals surface area contributed by atoms with E-state index in [1.54, 1.807) is 18.2 Å². The molecule has 0 bridgehead atoms. The number of anilines is 2. The van der Waals surface area contributed by atoms with Crippen molar-refractivity contribution in [3.63, 3.8) is 0 Å². The summed E-state index contributed by atoms with van der Waals surface area (Å²) in [5, 5.41) is 11.6. The molecule has 4 heteroatoms. The SMILES string of the molecule is Cc1ccc(F)cc1Nc1ccc(C#N)cn1. The molecule has 1 N–H and O–H groups in total. The number of halogens is 1. The molecule has 2 rings (SSSR count). The number of hydrogen-bond acceptors (Lipinski definition) is 3. The third-order valence-corrected chi connectivity index (χ3v) is 2.35. The van der Waals surface area contributed by atoms with Gasteiger partial charge in [-0.05, 0) is 36.8 Å². The van der Waals surface area contributed by atoms with E-state index in [-0.39, 0.29) is 5.82 Å². The van der Waals surface area contributed by atoms with Crippen LogP contribution in [0.4, 0.5) is 15.9 Å². The monoisotopic (exact) mass is 227 g/mol. The van der Waals surface area contributed by atoms with E-state index in [2.05, 4.69) is 10.3 Å². The molecule has 0 unspecified atom stereocenters. The molecular formula is C13H10FN3. The first kappa shape index (κ1) is 11.1. The van der Waals surface area contributed by atoms with Crippen LogP contribution in [0.2, 0.25) is 0 Å². The van der Waals surface area contributed by atoms with Crippen LogP contribution in [0.15, 0.2) is 36.5 Å². The van der Waals surface area contributed by atoms with Gasteiger partial charge in [0, 0.05) is 11.9 Å². The minimum Gasteiger partial charge on any atom is -0.340 e. The van der Waals surface area contributed by atoms with Gasteiger partial charge in [0.25, 0.3) is 0 Å². The maximum absolute atomic E-state index is 13.1. The Labute approximate surface area is 98.5 Å². The third-order valence-electron chi connectivity index (χ3n) is 2.35. The topological polar surface area (TPSA) is 48.7 Å². The minimum absolute atomic E-state index is 0.299. The normalized spacial score (nSPS) is 9.71. The van der Waals surface area contributed by atoms with Gasteiger partial charge in [-0.25, -0.2) is 9.37 Å². The summed E-state index contributed by atoms with van der Waals surface area (Å²) in [7, 11) is 0. The van der Waals surface area contributed by atoms with Crippen LogP contribution < -0.4 is 5.32 Å². The average molecular weight is 227 g/mol. The predicted octanol–water partition coefficient (Wildman–Crippen LogP) is 3.14. The van der Waals surface area contributed by atoms with Crippen LogP contribution in [-0.2, 0) is 0 Å². The van der Waals surface area contributed by atoms with E-state index in [0.29, 0.717) is 17.1 Å². The average Bonchev–Trinajstić information content (AvgIpc) is 2.35. The van der Waals surface area contributed by atoms with E-state index in [0.717, 1.165) is 5.56 Å². The Hall–Kier alpha value is -2.41. The Morgan fingerprint density at radius 1 is 1.29 bits per heavy atom. The summed E-state index contributed by atoms with van der Waals surface area (Å²) in [6.45, 7) is 1.88. The zero-order valence-electron chi connectivity index (χ0n) is 9.24.